The monoisotopic (exact) mass is 371 g/mol. The summed E-state index contributed by atoms with van der Waals surface area (Å²) in [6, 6.07) is 3.38. The molecule has 2 fully saturated rings. The molecule has 3 rings (SSSR count). The number of thiophene rings is 1. The quantitative estimate of drug-likeness (QED) is 0.804. The topological polar surface area (TPSA) is 60.9 Å². The zero-order valence-electron chi connectivity index (χ0n) is 14.1. The Hall–Kier alpha value is -0.960. The van der Waals surface area contributed by atoms with Gasteiger partial charge < -0.3 is 9.80 Å². The number of carbonyl (C=O) groups excluding carboxylic acids is 1. The van der Waals surface area contributed by atoms with Crippen molar-refractivity contribution < 1.29 is 13.2 Å². The molecule has 1 atom stereocenters. The second-order valence-electron chi connectivity index (χ2n) is 6.62. The van der Waals surface area contributed by atoms with E-state index in [0.717, 1.165) is 45.4 Å². The first-order valence-electron chi connectivity index (χ1n) is 8.49. The molecule has 6 nitrogen and oxygen atoms in total. The Labute approximate surface area is 148 Å². The van der Waals surface area contributed by atoms with Crippen molar-refractivity contribution in [1.82, 2.24) is 14.1 Å². The largest absolute Gasteiger partial charge is 0.341 e. The Morgan fingerprint density at radius 1 is 1.17 bits per heavy atom. The van der Waals surface area contributed by atoms with Crippen LogP contribution in [-0.4, -0.2) is 74.7 Å². The maximum absolute atomic E-state index is 12.9. The van der Waals surface area contributed by atoms with Crippen LogP contribution < -0.4 is 0 Å². The predicted molar refractivity (Wildman–Crippen MR) is 94.5 cm³/mol. The third-order valence-corrected chi connectivity index (χ3v) is 8.09. The first-order chi connectivity index (χ1) is 11.5. The molecule has 2 aliphatic rings. The number of piperidine rings is 1. The molecule has 0 N–H and O–H groups in total. The van der Waals surface area contributed by atoms with Gasteiger partial charge in [-0.2, -0.15) is 4.31 Å². The molecular formula is C16H25N3O3S2. The van der Waals surface area contributed by atoms with E-state index in [1.807, 2.05) is 4.90 Å². The minimum atomic E-state index is -3.46. The van der Waals surface area contributed by atoms with Crippen LogP contribution in [-0.2, 0) is 14.8 Å². The summed E-state index contributed by atoms with van der Waals surface area (Å²) in [5.41, 5.74) is 0. The minimum Gasteiger partial charge on any atom is -0.341 e. The summed E-state index contributed by atoms with van der Waals surface area (Å²) in [5.74, 6) is -0.0896. The molecule has 8 heteroatoms. The van der Waals surface area contributed by atoms with E-state index in [4.69, 9.17) is 0 Å². The maximum Gasteiger partial charge on any atom is 0.252 e. The standard InChI is InChI=1S/C16H25N3O3S2/c1-17-7-4-8-18(11-10-17)16(20)14-5-2-9-19(13-14)24(21,22)15-6-3-12-23-15/h3,6,12,14H,2,4-5,7-11,13H2,1H3. The Morgan fingerprint density at radius 2 is 2.00 bits per heavy atom. The van der Waals surface area contributed by atoms with Crippen molar-refractivity contribution >= 4 is 27.3 Å². The fraction of sp³-hybridized carbons (Fsp3) is 0.688. The smallest absolute Gasteiger partial charge is 0.252 e. The molecule has 0 bridgehead atoms. The van der Waals surface area contributed by atoms with Gasteiger partial charge in [0, 0.05) is 32.7 Å². The van der Waals surface area contributed by atoms with Gasteiger partial charge in [-0.15, -0.1) is 11.3 Å². The molecule has 134 valence electrons. The van der Waals surface area contributed by atoms with Gasteiger partial charge in [-0.3, -0.25) is 4.79 Å². The summed E-state index contributed by atoms with van der Waals surface area (Å²) in [6.07, 6.45) is 2.50. The summed E-state index contributed by atoms with van der Waals surface area (Å²) in [4.78, 5) is 17.0. The average molecular weight is 372 g/mol. The molecule has 0 aromatic carbocycles. The number of hydrogen-bond donors (Lipinski definition) is 0. The van der Waals surface area contributed by atoms with Crippen LogP contribution in [0.4, 0.5) is 0 Å². The number of carbonyl (C=O) groups is 1. The average Bonchev–Trinajstić information content (AvgIpc) is 3.05. The van der Waals surface area contributed by atoms with Gasteiger partial charge in [0.1, 0.15) is 4.21 Å². The molecule has 2 saturated heterocycles. The molecule has 1 aromatic heterocycles. The Kier molecular flexibility index (Phi) is 5.59. The molecule has 1 unspecified atom stereocenters. The van der Waals surface area contributed by atoms with Crippen LogP contribution in [0.25, 0.3) is 0 Å². The first-order valence-corrected chi connectivity index (χ1v) is 10.8. The van der Waals surface area contributed by atoms with E-state index >= 15 is 0 Å². The van der Waals surface area contributed by atoms with Crippen LogP contribution in [0.5, 0.6) is 0 Å². The molecule has 0 saturated carbocycles. The van der Waals surface area contributed by atoms with Crippen molar-refractivity contribution in [1.29, 1.82) is 0 Å². The fourth-order valence-electron chi connectivity index (χ4n) is 3.42. The Balaban J connectivity index is 1.68. The molecular weight excluding hydrogens is 346 g/mol. The lowest BCUT2D eigenvalue weighted by Gasteiger charge is -2.33. The predicted octanol–water partition coefficient (Wildman–Crippen LogP) is 1.31. The lowest BCUT2D eigenvalue weighted by Crippen LogP contribution is -2.47. The van der Waals surface area contributed by atoms with Gasteiger partial charge in [-0.1, -0.05) is 6.07 Å². The highest BCUT2D eigenvalue weighted by atomic mass is 32.2. The van der Waals surface area contributed by atoms with Gasteiger partial charge >= 0.3 is 0 Å². The van der Waals surface area contributed by atoms with Gasteiger partial charge in [0.2, 0.25) is 5.91 Å². The summed E-state index contributed by atoms with van der Waals surface area (Å²) in [7, 11) is -1.39. The number of rotatable bonds is 3. The van der Waals surface area contributed by atoms with Gasteiger partial charge in [0.05, 0.1) is 5.92 Å². The second-order valence-corrected chi connectivity index (χ2v) is 9.73. The highest BCUT2D eigenvalue weighted by Crippen LogP contribution is 2.27. The van der Waals surface area contributed by atoms with Crippen molar-refractivity contribution in [2.75, 3.05) is 46.3 Å². The number of likely N-dealkylation sites (N-methyl/N-ethyl adjacent to an activating group) is 1. The van der Waals surface area contributed by atoms with Crippen molar-refractivity contribution in [3.8, 4) is 0 Å². The molecule has 2 aliphatic heterocycles. The van der Waals surface area contributed by atoms with Crippen molar-refractivity contribution in [2.24, 2.45) is 5.92 Å². The van der Waals surface area contributed by atoms with Crippen LogP contribution in [0.1, 0.15) is 19.3 Å². The van der Waals surface area contributed by atoms with Crippen molar-refractivity contribution in [2.45, 2.75) is 23.5 Å². The molecule has 1 amide bonds. The van der Waals surface area contributed by atoms with E-state index in [-0.39, 0.29) is 11.8 Å². The van der Waals surface area contributed by atoms with Crippen LogP contribution >= 0.6 is 11.3 Å². The van der Waals surface area contributed by atoms with Crippen LogP contribution in [0, 0.1) is 5.92 Å². The number of sulfonamides is 1. The van der Waals surface area contributed by atoms with E-state index in [9.17, 15) is 13.2 Å². The van der Waals surface area contributed by atoms with Crippen LogP contribution in [0.15, 0.2) is 21.7 Å². The highest BCUT2D eigenvalue weighted by Gasteiger charge is 2.35. The molecule has 24 heavy (non-hydrogen) atoms. The van der Waals surface area contributed by atoms with Gasteiger partial charge in [-0.05, 0) is 44.3 Å². The van der Waals surface area contributed by atoms with E-state index in [1.54, 1.807) is 17.5 Å². The summed E-state index contributed by atoms with van der Waals surface area (Å²) >= 11 is 1.23. The molecule has 3 heterocycles. The van der Waals surface area contributed by atoms with Gasteiger partial charge in [0.25, 0.3) is 10.0 Å². The number of nitrogens with zero attached hydrogens (tertiary/aromatic N) is 3. The zero-order chi connectivity index (χ0) is 17.2. The fourth-order valence-corrected chi connectivity index (χ4v) is 6.09. The van der Waals surface area contributed by atoms with Crippen molar-refractivity contribution in [3.05, 3.63) is 17.5 Å². The Morgan fingerprint density at radius 3 is 2.75 bits per heavy atom. The third kappa shape index (κ3) is 3.82. The van der Waals surface area contributed by atoms with E-state index < -0.39 is 10.0 Å². The second kappa shape index (κ2) is 7.51. The Bertz CT molecular complexity index is 660. The van der Waals surface area contributed by atoms with E-state index in [1.165, 1.54) is 15.6 Å². The van der Waals surface area contributed by atoms with Crippen LogP contribution in [0.2, 0.25) is 0 Å². The molecule has 0 spiro atoms. The molecule has 1 aromatic rings. The van der Waals surface area contributed by atoms with Crippen LogP contribution in [0.3, 0.4) is 0 Å². The first kappa shape index (κ1) is 17.8. The van der Waals surface area contributed by atoms with E-state index in [0.29, 0.717) is 17.3 Å². The third-order valence-electron chi connectivity index (χ3n) is 4.85. The summed E-state index contributed by atoms with van der Waals surface area (Å²) in [5, 5.41) is 1.77. The minimum absolute atomic E-state index is 0.122. The van der Waals surface area contributed by atoms with Gasteiger partial charge in [0.15, 0.2) is 0 Å². The van der Waals surface area contributed by atoms with Gasteiger partial charge in [-0.25, -0.2) is 8.42 Å². The SMILES string of the molecule is CN1CCCN(C(=O)C2CCCN(S(=O)(=O)c3cccs3)C2)CC1. The van der Waals surface area contributed by atoms with E-state index in [2.05, 4.69) is 11.9 Å². The molecule has 0 radical (unpaired) electrons. The summed E-state index contributed by atoms with van der Waals surface area (Å²) in [6.45, 7) is 4.22. The summed E-state index contributed by atoms with van der Waals surface area (Å²) < 4.78 is 27.3. The highest BCUT2D eigenvalue weighted by molar-refractivity contribution is 7.91. The zero-order valence-corrected chi connectivity index (χ0v) is 15.7. The maximum atomic E-state index is 12.9. The number of hydrogen-bond acceptors (Lipinski definition) is 5. The van der Waals surface area contributed by atoms with Crippen molar-refractivity contribution in [3.63, 3.8) is 0 Å². The normalized spacial score (nSPS) is 24.7. The lowest BCUT2D eigenvalue weighted by atomic mass is 9.98. The lowest BCUT2D eigenvalue weighted by molar-refractivity contribution is -0.136. The molecule has 0 aliphatic carbocycles. The number of amides is 1.